The zero-order valence-corrected chi connectivity index (χ0v) is 21.6. The van der Waals surface area contributed by atoms with E-state index in [-0.39, 0.29) is 11.8 Å². The van der Waals surface area contributed by atoms with Crippen LogP contribution in [0.2, 0.25) is 0 Å². The minimum absolute atomic E-state index is 0.326. The summed E-state index contributed by atoms with van der Waals surface area (Å²) in [5.41, 5.74) is 3.40. The Morgan fingerprint density at radius 3 is 2.29 bits per heavy atom. The van der Waals surface area contributed by atoms with Crippen LogP contribution < -0.4 is 15.5 Å². The maximum atomic E-state index is 13.2. The Bertz CT molecular complexity index is 1290. The lowest BCUT2D eigenvalue weighted by atomic mass is 10.0. The quantitative estimate of drug-likeness (QED) is 0.322. The fourth-order valence-corrected chi connectivity index (χ4v) is 4.40. The van der Waals surface area contributed by atoms with Gasteiger partial charge in [-0.3, -0.25) is 14.9 Å². The van der Waals surface area contributed by atoms with Crippen LogP contribution in [0, 0.1) is 0 Å². The molecule has 2 N–H and O–H groups in total. The van der Waals surface area contributed by atoms with Crippen LogP contribution in [0.5, 0.6) is 0 Å². The lowest BCUT2D eigenvalue weighted by molar-refractivity contribution is -0.118. The first-order chi connectivity index (χ1) is 16.9. The topological polar surface area (TPSA) is 87.2 Å². The molecular weight excluding hydrogens is 526 g/mol. The van der Waals surface area contributed by atoms with Crippen molar-refractivity contribution < 1.29 is 9.59 Å². The summed E-state index contributed by atoms with van der Waals surface area (Å²) in [6.07, 6.45) is 0.340. The second-order valence-electron chi connectivity index (χ2n) is 8.07. The molecule has 3 aromatic carbocycles. The lowest BCUT2D eigenvalue weighted by Gasteiger charge is -2.18. The van der Waals surface area contributed by atoms with E-state index in [4.69, 9.17) is 0 Å². The molecule has 4 aromatic rings. The molecule has 0 unspecified atom stereocenters. The zero-order valence-electron chi connectivity index (χ0n) is 19.2. The molecule has 0 aliphatic heterocycles. The number of hydrogen-bond donors (Lipinski definition) is 2. The van der Waals surface area contributed by atoms with Gasteiger partial charge in [0.1, 0.15) is 11.0 Å². The molecule has 1 aromatic heterocycles. The first kappa shape index (κ1) is 24.6. The Morgan fingerprint density at radius 1 is 0.943 bits per heavy atom. The van der Waals surface area contributed by atoms with Gasteiger partial charge in [-0.25, -0.2) is 0 Å². The lowest BCUT2D eigenvalue weighted by Crippen LogP contribution is -2.45. The summed E-state index contributed by atoms with van der Waals surface area (Å²) < 4.78 is 0.871. The van der Waals surface area contributed by atoms with Crippen LogP contribution in [0.15, 0.2) is 83.3 Å². The molecule has 0 fully saturated rings. The Hall–Kier alpha value is -3.56. The van der Waals surface area contributed by atoms with Crippen LogP contribution in [-0.4, -0.2) is 42.1 Å². The third-order valence-corrected chi connectivity index (χ3v) is 6.71. The molecule has 0 aliphatic rings. The molecule has 1 atom stereocenters. The van der Waals surface area contributed by atoms with E-state index in [1.807, 2.05) is 73.6 Å². The molecule has 1 heterocycles. The number of rotatable bonds is 8. The van der Waals surface area contributed by atoms with Crippen LogP contribution in [-0.2, 0) is 11.2 Å². The van der Waals surface area contributed by atoms with Gasteiger partial charge in [-0.15, -0.1) is 10.2 Å². The minimum atomic E-state index is -0.791. The molecule has 2 amide bonds. The average molecular weight is 550 g/mol. The van der Waals surface area contributed by atoms with E-state index in [1.54, 1.807) is 24.3 Å². The van der Waals surface area contributed by atoms with Crippen LogP contribution >= 0.6 is 27.3 Å². The predicted molar refractivity (Wildman–Crippen MR) is 144 cm³/mol. The Kier molecular flexibility index (Phi) is 7.89. The maximum Gasteiger partial charge on any atom is 0.251 e. The van der Waals surface area contributed by atoms with E-state index in [1.165, 1.54) is 11.3 Å². The Labute approximate surface area is 216 Å². The van der Waals surface area contributed by atoms with Gasteiger partial charge in [0.2, 0.25) is 11.0 Å². The molecule has 0 spiro atoms. The zero-order chi connectivity index (χ0) is 24.8. The van der Waals surface area contributed by atoms with Gasteiger partial charge in [-0.05, 0) is 54.1 Å². The molecule has 0 saturated heterocycles. The number of halogens is 1. The van der Waals surface area contributed by atoms with Crippen molar-refractivity contribution in [3.8, 4) is 10.6 Å². The first-order valence-electron chi connectivity index (χ1n) is 10.9. The van der Waals surface area contributed by atoms with E-state index < -0.39 is 6.04 Å². The van der Waals surface area contributed by atoms with E-state index >= 15 is 0 Å². The number of nitrogens with one attached hydrogen (secondary N) is 2. The molecular formula is C26H24BrN5O2S. The third-order valence-electron chi connectivity index (χ3n) is 5.30. The van der Waals surface area contributed by atoms with Crippen molar-refractivity contribution >= 4 is 49.9 Å². The van der Waals surface area contributed by atoms with E-state index in [0.717, 1.165) is 21.3 Å². The van der Waals surface area contributed by atoms with Crippen molar-refractivity contribution in [3.05, 3.63) is 94.5 Å². The SMILES string of the molecule is CN(C)c1ccc(-c2nnc(NC(=O)[C@H](Cc3ccccc3)NC(=O)c3ccc(Br)cc3)s2)cc1. The van der Waals surface area contributed by atoms with E-state index in [9.17, 15) is 9.59 Å². The van der Waals surface area contributed by atoms with Gasteiger partial charge in [0, 0.05) is 41.8 Å². The summed E-state index contributed by atoms with van der Waals surface area (Å²) >= 11 is 4.65. The van der Waals surface area contributed by atoms with Crippen molar-refractivity contribution in [1.29, 1.82) is 0 Å². The monoisotopic (exact) mass is 549 g/mol. The summed E-state index contributed by atoms with van der Waals surface area (Å²) in [7, 11) is 3.96. The molecule has 0 saturated carbocycles. The van der Waals surface area contributed by atoms with Crippen LogP contribution in [0.4, 0.5) is 10.8 Å². The second-order valence-corrected chi connectivity index (χ2v) is 9.96. The number of hydrogen-bond acceptors (Lipinski definition) is 6. The largest absolute Gasteiger partial charge is 0.378 e. The summed E-state index contributed by atoms with van der Waals surface area (Å²) in [6.45, 7) is 0. The normalized spacial score (nSPS) is 11.5. The molecule has 7 nitrogen and oxygen atoms in total. The second kappa shape index (κ2) is 11.2. The highest BCUT2D eigenvalue weighted by atomic mass is 79.9. The van der Waals surface area contributed by atoms with E-state index in [0.29, 0.717) is 22.1 Å². The van der Waals surface area contributed by atoms with E-state index in [2.05, 4.69) is 36.8 Å². The van der Waals surface area contributed by atoms with Gasteiger partial charge in [-0.1, -0.05) is 57.6 Å². The molecule has 0 aliphatic carbocycles. The van der Waals surface area contributed by atoms with Crippen molar-refractivity contribution in [1.82, 2.24) is 15.5 Å². The predicted octanol–water partition coefficient (Wildman–Crippen LogP) is 5.01. The molecule has 4 rings (SSSR count). The van der Waals surface area contributed by atoms with Gasteiger partial charge >= 0.3 is 0 Å². The third kappa shape index (κ3) is 6.52. The average Bonchev–Trinajstić information content (AvgIpc) is 3.33. The molecule has 9 heteroatoms. The van der Waals surface area contributed by atoms with Gasteiger partial charge < -0.3 is 10.2 Å². The number of carbonyl (C=O) groups is 2. The number of amides is 2. The van der Waals surface area contributed by atoms with Gasteiger partial charge in [0.25, 0.3) is 5.91 Å². The summed E-state index contributed by atoms with van der Waals surface area (Å²) in [5.74, 6) is -0.683. The summed E-state index contributed by atoms with van der Waals surface area (Å²) in [4.78, 5) is 28.1. The Balaban J connectivity index is 1.49. The molecule has 178 valence electrons. The highest BCUT2D eigenvalue weighted by Crippen LogP contribution is 2.28. The summed E-state index contributed by atoms with van der Waals surface area (Å²) in [6, 6.07) is 23.7. The van der Waals surface area contributed by atoms with Crippen molar-refractivity contribution in [3.63, 3.8) is 0 Å². The first-order valence-corrected chi connectivity index (χ1v) is 12.5. The molecule has 0 radical (unpaired) electrons. The standard InChI is InChI=1S/C26H24BrN5O2S/c1-32(2)21-14-10-19(11-15-21)25-30-31-26(35-25)29-24(34)22(16-17-6-4-3-5-7-17)28-23(33)18-8-12-20(27)13-9-18/h3-15,22H,16H2,1-2H3,(H,28,33)(H,29,31,34)/t22-/m0/s1. The number of nitrogens with zero attached hydrogens (tertiary/aromatic N) is 3. The van der Waals surface area contributed by atoms with Crippen molar-refractivity contribution in [2.45, 2.75) is 12.5 Å². The molecule has 35 heavy (non-hydrogen) atoms. The van der Waals surface area contributed by atoms with Crippen LogP contribution in [0.1, 0.15) is 15.9 Å². The van der Waals surface area contributed by atoms with Crippen molar-refractivity contribution in [2.24, 2.45) is 0 Å². The fourth-order valence-electron chi connectivity index (χ4n) is 3.39. The minimum Gasteiger partial charge on any atom is -0.378 e. The maximum absolute atomic E-state index is 13.2. The highest BCUT2D eigenvalue weighted by Gasteiger charge is 2.23. The van der Waals surface area contributed by atoms with Gasteiger partial charge in [-0.2, -0.15) is 0 Å². The van der Waals surface area contributed by atoms with Gasteiger partial charge in [0.15, 0.2) is 0 Å². The number of anilines is 2. The highest BCUT2D eigenvalue weighted by molar-refractivity contribution is 9.10. The van der Waals surface area contributed by atoms with Crippen molar-refractivity contribution in [2.75, 3.05) is 24.3 Å². The smallest absolute Gasteiger partial charge is 0.251 e. The van der Waals surface area contributed by atoms with Gasteiger partial charge in [0.05, 0.1) is 0 Å². The molecule has 0 bridgehead atoms. The van der Waals surface area contributed by atoms with Crippen LogP contribution in [0.3, 0.4) is 0 Å². The number of aromatic nitrogens is 2. The Morgan fingerprint density at radius 2 is 1.63 bits per heavy atom. The number of benzene rings is 3. The fraction of sp³-hybridized carbons (Fsp3) is 0.154. The summed E-state index contributed by atoms with van der Waals surface area (Å²) in [5, 5.41) is 15.1. The number of carbonyl (C=O) groups excluding carboxylic acids is 2. The van der Waals surface area contributed by atoms with Crippen LogP contribution in [0.25, 0.3) is 10.6 Å².